The number of halogens is 2. The van der Waals surface area contributed by atoms with Gasteiger partial charge in [0.15, 0.2) is 0 Å². The second kappa shape index (κ2) is 12.2. The largest absolute Gasteiger partial charge is 0.397 e. The van der Waals surface area contributed by atoms with Crippen LogP contribution in [0.15, 0.2) is 103 Å². The van der Waals surface area contributed by atoms with E-state index in [1.54, 1.807) is 0 Å². The van der Waals surface area contributed by atoms with Gasteiger partial charge in [-0.25, -0.2) is 0 Å². The smallest absolute Gasteiger partial charge is 0.0407 e. The normalized spacial score (nSPS) is 10.7. The predicted octanol–water partition coefficient (Wildman–Crippen LogP) is 9.08. The summed E-state index contributed by atoms with van der Waals surface area (Å²) in [6, 6.07) is 36.2. The van der Waals surface area contributed by atoms with Gasteiger partial charge in [-0.3, -0.25) is 0 Å². The molecule has 178 valence electrons. The summed E-state index contributed by atoms with van der Waals surface area (Å²) < 4.78 is 1.24. The summed E-state index contributed by atoms with van der Waals surface area (Å²) in [4.78, 5) is 0. The topological polar surface area (TPSA) is 20.2 Å². The number of hydrogen-bond donors (Lipinski definition) is 1. The monoisotopic (exact) mass is 576 g/mol. The van der Waals surface area contributed by atoms with Gasteiger partial charge in [-0.15, -0.1) is 79.0 Å². The van der Waals surface area contributed by atoms with Crippen molar-refractivity contribution in [2.24, 2.45) is 0 Å². The molecule has 0 fully saturated rings. The average Bonchev–Trinajstić information content (AvgIpc) is 3.44. The van der Waals surface area contributed by atoms with Crippen molar-refractivity contribution in [2.45, 2.75) is 20.3 Å². The Hall–Kier alpha value is -2.09. The molecule has 6 rings (SSSR count). The molecule has 0 bridgehead atoms. The fraction of sp³-hybridized carbons (Fsp3) is 0.129. The number of rotatable bonds is 2. The molecule has 1 N–H and O–H groups in total. The SMILES string of the molecule is C[C](C)=[Zr]([Cl])[Cl].OCCc1cccc2c1[cH-]c1ccccc12.c1ccc2c(c1)[cH-]c1ccccc12. The second-order valence-electron chi connectivity index (χ2n) is 8.66. The molecule has 0 saturated heterocycles. The third-order valence-corrected chi connectivity index (χ3v) is 12.4. The fourth-order valence-corrected chi connectivity index (χ4v) is 4.28. The summed E-state index contributed by atoms with van der Waals surface area (Å²) in [5.41, 5.74) is 1.23. The number of hydrogen-bond acceptors (Lipinski definition) is 1. The molecule has 0 atom stereocenters. The Kier molecular flexibility index (Phi) is 9.09. The molecule has 0 aliphatic carbocycles. The molecule has 0 aliphatic heterocycles. The van der Waals surface area contributed by atoms with Crippen molar-refractivity contribution in [1.82, 2.24) is 0 Å². The van der Waals surface area contributed by atoms with Gasteiger partial charge < -0.3 is 5.11 Å². The number of aliphatic hydroxyl groups excluding tert-OH is 1. The Balaban J connectivity index is 0.000000137. The van der Waals surface area contributed by atoms with Crippen LogP contribution < -0.4 is 0 Å². The molecular weight excluding hydrogens is 550 g/mol. The molecule has 0 saturated carbocycles. The predicted molar refractivity (Wildman–Crippen MR) is 153 cm³/mol. The van der Waals surface area contributed by atoms with Crippen LogP contribution >= 0.6 is 17.0 Å². The van der Waals surface area contributed by atoms with E-state index in [-0.39, 0.29) is 6.61 Å². The van der Waals surface area contributed by atoms with Gasteiger partial charge in [0.2, 0.25) is 0 Å². The van der Waals surface area contributed by atoms with Gasteiger partial charge in [0.25, 0.3) is 0 Å². The maximum absolute atomic E-state index is 9.05. The first-order chi connectivity index (χ1) is 17.0. The first-order valence-corrected chi connectivity index (χ1v) is 19.2. The molecule has 0 amide bonds. The summed E-state index contributed by atoms with van der Waals surface area (Å²) >= 11 is -1.84. The zero-order chi connectivity index (χ0) is 24.8. The van der Waals surface area contributed by atoms with E-state index in [1.165, 1.54) is 51.9 Å². The summed E-state index contributed by atoms with van der Waals surface area (Å²) in [7, 11) is 11.1. The van der Waals surface area contributed by atoms with Crippen molar-refractivity contribution in [3.8, 4) is 0 Å². The van der Waals surface area contributed by atoms with Gasteiger partial charge in [-0.2, -0.15) is 0 Å². The van der Waals surface area contributed by atoms with E-state index >= 15 is 0 Å². The molecule has 0 aromatic heterocycles. The summed E-state index contributed by atoms with van der Waals surface area (Å²) in [6.07, 6.45) is 0.730. The van der Waals surface area contributed by atoms with Crippen LogP contribution in [0.4, 0.5) is 0 Å². The van der Waals surface area contributed by atoms with E-state index in [1.807, 2.05) is 13.8 Å². The van der Waals surface area contributed by atoms with Crippen LogP contribution in [0.1, 0.15) is 19.4 Å². The van der Waals surface area contributed by atoms with Gasteiger partial charge in [0.1, 0.15) is 0 Å². The van der Waals surface area contributed by atoms with Gasteiger partial charge in [-0.1, -0.05) is 72.8 Å². The van der Waals surface area contributed by atoms with Crippen molar-refractivity contribution in [2.75, 3.05) is 6.61 Å². The van der Waals surface area contributed by atoms with E-state index in [2.05, 4.69) is 103 Å². The van der Waals surface area contributed by atoms with E-state index < -0.39 is 18.9 Å². The Morgan fingerprint density at radius 1 is 0.657 bits per heavy atom. The maximum atomic E-state index is 9.05. The van der Waals surface area contributed by atoms with Crippen LogP contribution in [0.25, 0.3) is 43.1 Å². The third kappa shape index (κ3) is 6.19. The van der Waals surface area contributed by atoms with Crippen molar-refractivity contribution in [3.05, 3.63) is 109 Å². The summed E-state index contributed by atoms with van der Waals surface area (Å²) in [6.45, 7) is 4.17. The van der Waals surface area contributed by atoms with E-state index in [0.29, 0.717) is 0 Å². The minimum Gasteiger partial charge on any atom is -0.397 e. The van der Waals surface area contributed by atoms with Crippen LogP contribution in [0.5, 0.6) is 0 Å². The zero-order valence-corrected chi connectivity index (χ0v) is 23.9. The minimum atomic E-state index is -1.84. The van der Waals surface area contributed by atoms with E-state index in [4.69, 9.17) is 22.1 Å². The molecule has 0 radical (unpaired) electrons. The number of benzene rings is 4. The van der Waals surface area contributed by atoms with Gasteiger partial charge in [0, 0.05) is 6.61 Å². The Morgan fingerprint density at radius 2 is 1.09 bits per heavy atom. The first kappa shape index (κ1) is 26.0. The fourth-order valence-electron chi connectivity index (χ4n) is 4.28. The first-order valence-electron chi connectivity index (χ1n) is 11.7. The third-order valence-electron chi connectivity index (χ3n) is 6.03. The molecule has 4 heteroatoms. The van der Waals surface area contributed by atoms with Crippen LogP contribution in [0.2, 0.25) is 0 Å². The molecule has 0 aliphatic rings. The van der Waals surface area contributed by atoms with Crippen molar-refractivity contribution in [1.29, 1.82) is 0 Å². The van der Waals surface area contributed by atoms with Gasteiger partial charge in [0.05, 0.1) is 0 Å². The minimum absolute atomic E-state index is 0.209. The van der Waals surface area contributed by atoms with E-state index in [0.717, 1.165) is 6.42 Å². The standard InChI is InChI=1S/C15H13O.C13H9.C3H6.2ClH.Zr/c16-9-8-11-5-3-7-14-13-6-2-1-4-12(13)10-15(11)14;1-3-7-12-10(5-1)9-11-6-2-4-8-13(11)12;1-3-2;;;/h1-7,10,16H,8-9H2;1-9H;1-2H3;2*1H;/q2*-1;;;;+2/p-2. The van der Waals surface area contributed by atoms with Gasteiger partial charge >= 0.3 is 53.0 Å². The summed E-state index contributed by atoms with van der Waals surface area (Å²) in [5.74, 6) is 0. The molecule has 0 spiro atoms. The molecular formula is C31H28Cl2OZr-2. The molecule has 0 unspecified atom stereocenters. The molecule has 6 aromatic rings. The van der Waals surface area contributed by atoms with Gasteiger partial charge in [-0.05, 0) is 6.42 Å². The van der Waals surface area contributed by atoms with Crippen LogP contribution in [0.3, 0.4) is 0 Å². The quantitative estimate of drug-likeness (QED) is 0.203. The zero-order valence-electron chi connectivity index (χ0n) is 19.9. The van der Waals surface area contributed by atoms with Crippen molar-refractivity contribution >= 4 is 63.3 Å². The Bertz CT molecular complexity index is 1540. The number of fused-ring (bicyclic) bond motifs is 6. The molecule has 35 heavy (non-hydrogen) atoms. The van der Waals surface area contributed by atoms with E-state index in [9.17, 15) is 0 Å². The molecule has 6 aromatic carbocycles. The van der Waals surface area contributed by atoms with Crippen LogP contribution in [-0.4, -0.2) is 14.9 Å². The maximum Gasteiger partial charge on any atom is 0.0407 e. The van der Waals surface area contributed by atoms with Crippen LogP contribution in [-0.2, 0) is 25.3 Å². The molecule has 1 nitrogen and oxygen atoms in total. The number of aliphatic hydroxyl groups is 1. The van der Waals surface area contributed by atoms with Crippen LogP contribution in [0, 0.1) is 0 Å². The second-order valence-corrected chi connectivity index (χ2v) is 18.0. The van der Waals surface area contributed by atoms with Crippen molar-refractivity contribution in [3.63, 3.8) is 0 Å². The molecule has 0 heterocycles. The Labute approximate surface area is 221 Å². The van der Waals surface area contributed by atoms with Crippen molar-refractivity contribution < 1.29 is 24.0 Å². The summed E-state index contributed by atoms with van der Waals surface area (Å²) in [5, 5.41) is 19.6. The Morgan fingerprint density at radius 3 is 1.57 bits per heavy atom. The average molecular weight is 579 g/mol.